The molecule has 0 heterocycles. The van der Waals surface area contributed by atoms with Crippen molar-refractivity contribution in [2.75, 3.05) is 0 Å². The van der Waals surface area contributed by atoms with Crippen LogP contribution < -0.4 is 0 Å². The highest BCUT2D eigenvalue weighted by Crippen LogP contribution is 2.08. The lowest BCUT2D eigenvalue weighted by atomic mass is 10.1. The Kier molecular flexibility index (Phi) is 2.80. The zero-order valence-electron chi connectivity index (χ0n) is 7.65. The van der Waals surface area contributed by atoms with Gasteiger partial charge in [0.1, 0.15) is 0 Å². The van der Waals surface area contributed by atoms with Crippen LogP contribution in [0.25, 0.3) is 6.08 Å². The topological polar surface area (TPSA) is 43.1 Å². The Morgan fingerprint density at radius 1 is 1.54 bits per heavy atom. The SMILES string of the molecule is C/C(=C\c1cccc(C)c1)[N+](=O)[O-]. The highest BCUT2D eigenvalue weighted by molar-refractivity contribution is 5.51. The van der Waals surface area contributed by atoms with Gasteiger partial charge in [-0.2, -0.15) is 0 Å². The quantitative estimate of drug-likeness (QED) is 0.514. The molecule has 0 atom stereocenters. The predicted octanol–water partition coefficient (Wildman–Crippen LogP) is 2.63. The van der Waals surface area contributed by atoms with Crippen LogP contribution in [0.2, 0.25) is 0 Å². The average Bonchev–Trinajstić information content (AvgIpc) is 2.04. The van der Waals surface area contributed by atoms with Crippen LogP contribution in [0, 0.1) is 17.0 Å². The van der Waals surface area contributed by atoms with E-state index >= 15 is 0 Å². The summed E-state index contributed by atoms with van der Waals surface area (Å²) in [7, 11) is 0. The van der Waals surface area contributed by atoms with E-state index in [0.29, 0.717) is 0 Å². The third-order valence-electron chi connectivity index (χ3n) is 1.71. The van der Waals surface area contributed by atoms with Crippen molar-refractivity contribution in [1.82, 2.24) is 0 Å². The van der Waals surface area contributed by atoms with E-state index in [1.165, 1.54) is 6.92 Å². The number of hydrogen-bond donors (Lipinski definition) is 0. The lowest BCUT2D eigenvalue weighted by molar-refractivity contribution is -0.422. The first-order chi connectivity index (χ1) is 6.09. The zero-order valence-corrected chi connectivity index (χ0v) is 7.65. The van der Waals surface area contributed by atoms with Gasteiger partial charge in [-0.1, -0.05) is 29.8 Å². The van der Waals surface area contributed by atoms with Crippen LogP contribution in [0.5, 0.6) is 0 Å². The van der Waals surface area contributed by atoms with Crippen molar-refractivity contribution in [3.63, 3.8) is 0 Å². The van der Waals surface area contributed by atoms with Gasteiger partial charge in [0.2, 0.25) is 5.70 Å². The molecule has 0 aliphatic carbocycles. The molecular weight excluding hydrogens is 166 g/mol. The van der Waals surface area contributed by atoms with Gasteiger partial charge < -0.3 is 0 Å². The van der Waals surface area contributed by atoms with Crippen molar-refractivity contribution in [3.05, 3.63) is 51.2 Å². The maximum absolute atomic E-state index is 10.3. The van der Waals surface area contributed by atoms with Crippen molar-refractivity contribution < 1.29 is 4.92 Å². The van der Waals surface area contributed by atoms with E-state index in [9.17, 15) is 10.1 Å². The maximum Gasteiger partial charge on any atom is 0.243 e. The summed E-state index contributed by atoms with van der Waals surface area (Å²) in [5.41, 5.74) is 2.13. The van der Waals surface area contributed by atoms with Gasteiger partial charge in [0.25, 0.3) is 0 Å². The molecular formula is C10H11NO2. The van der Waals surface area contributed by atoms with Crippen LogP contribution in [0.15, 0.2) is 30.0 Å². The molecule has 0 aliphatic heterocycles. The molecule has 68 valence electrons. The van der Waals surface area contributed by atoms with Crippen LogP contribution in [0.3, 0.4) is 0 Å². The number of benzene rings is 1. The minimum Gasteiger partial charge on any atom is -0.259 e. The molecule has 0 spiro atoms. The molecule has 1 aromatic rings. The molecule has 0 saturated heterocycles. The van der Waals surface area contributed by atoms with Gasteiger partial charge in [0.15, 0.2) is 0 Å². The molecule has 0 fully saturated rings. The van der Waals surface area contributed by atoms with E-state index in [2.05, 4.69) is 0 Å². The summed E-state index contributed by atoms with van der Waals surface area (Å²) < 4.78 is 0. The summed E-state index contributed by atoms with van der Waals surface area (Å²) in [6, 6.07) is 7.60. The summed E-state index contributed by atoms with van der Waals surface area (Å²) in [6.45, 7) is 3.45. The highest BCUT2D eigenvalue weighted by atomic mass is 16.6. The Bertz CT molecular complexity index is 356. The van der Waals surface area contributed by atoms with Crippen LogP contribution >= 0.6 is 0 Å². The summed E-state index contributed by atoms with van der Waals surface area (Å²) in [5.74, 6) is 0. The fourth-order valence-corrected chi connectivity index (χ4v) is 1.05. The van der Waals surface area contributed by atoms with Gasteiger partial charge in [0, 0.05) is 13.0 Å². The zero-order chi connectivity index (χ0) is 9.84. The van der Waals surface area contributed by atoms with Crippen LogP contribution in [-0.4, -0.2) is 4.92 Å². The molecule has 0 aromatic heterocycles. The average molecular weight is 177 g/mol. The first-order valence-electron chi connectivity index (χ1n) is 3.99. The Hall–Kier alpha value is -1.64. The molecule has 0 unspecified atom stereocenters. The lowest BCUT2D eigenvalue weighted by Crippen LogP contribution is -1.92. The van der Waals surface area contributed by atoms with Gasteiger partial charge >= 0.3 is 0 Å². The van der Waals surface area contributed by atoms with E-state index in [0.717, 1.165) is 11.1 Å². The normalized spacial score (nSPS) is 11.4. The van der Waals surface area contributed by atoms with Gasteiger partial charge in [-0.05, 0) is 12.5 Å². The van der Waals surface area contributed by atoms with Gasteiger partial charge in [-0.15, -0.1) is 0 Å². The minimum atomic E-state index is -0.387. The Morgan fingerprint density at radius 3 is 2.77 bits per heavy atom. The third-order valence-corrected chi connectivity index (χ3v) is 1.71. The Morgan fingerprint density at radius 2 is 2.23 bits per heavy atom. The van der Waals surface area contributed by atoms with Crippen molar-refractivity contribution in [3.8, 4) is 0 Å². The number of hydrogen-bond acceptors (Lipinski definition) is 2. The summed E-state index contributed by atoms with van der Waals surface area (Å²) in [6.07, 6.45) is 1.56. The summed E-state index contributed by atoms with van der Waals surface area (Å²) in [4.78, 5) is 9.94. The second kappa shape index (κ2) is 3.85. The third kappa shape index (κ3) is 2.71. The van der Waals surface area contributed by atoms with Crippen LogP contribution in [0.4, 0.5) is 0 Å². The van der Waals surface area contributed by atoms with Gasteiger partial charge in [-0.3, -0.25) is 10.1 Å². The van der Waals surface area contributed by atoms with Crippen LogP contribution in [-0.2, 0) is 0 Å². The number of allylic oxidation sites excluding steroid dienone is 1. The van der Waals surface area contributed by atoms with Crippen LogP contribution in [0.1, 0.15) is 18.1 Å². The number of nitro groups is 1. The standard InChI is InChI=1S/C10H11NO2/c1-8-4-3-5-10(6-8)7-9(2)11(12)13/h3-7H,1-2H3/b9-7+. The second-order valence-corrected chi connectivity index (χ2v) is 2.96. The number of aryl methyl sites for hydroxylation is 1. The molecule has 0 N–H and O–H groups in total. The van der Waals surface area contributed by atoms with Crippen molar-refractivity contribution in [1.29, 1.82) is 0 Å². The molecule has 3 nitrogen and oxygen atoms in total. The van der Waals surface area contributed by atoms with E-state index in [4.69, 9.17) is 0 Å². The molecule has 0 bridgehead atoms. The largest absolute Gasteiger partial charge is 0.259 e. The van der Waals surface area contributed by atoms with Crippen molar-refractivity contribution in [2.45, 2.75) is 13.8 Å². The fourth-order valence-electron chi connectivity index (χ4n) is 1.05. The predicted molar refractivity (Wildman–Crippen MR) is 51.8 cm³/mol. The van der Waals surface area contributed by atoms with E-state index < -0.39 is 0 Å². The second-order valence-electron chi connectivity index (χ2n) is 2.96. The molecule has 0 aliphatic rings. The molecule has 3 heteroatoms. The Balaban J connectivity index is 2.97. The van der Waals surface area contributed by atoms with Gasteiger partial charge in [-0.25, -0.2) is 0 Å². The molecule has 0 radical (unpaired) electrons. The van der Waals surface area contributed by atoms with E-state index in [1.807, 2.05) is 31.2 Å². The monoisotopic (exact) mass is 177 g/mol. The molecule has 13 heavy (non-hydrogen) atoms. The smallest absolute Gasteiger partial charge is 0.243 e. The van der Waals surface area contributed by atoms with E-state index in [1.54, 1.807) is 6.08 Å². The first kappa shape index (κ1) is 9.45. The first-order valence-corrected chi connectivity index (χ1v) is 3.99. The van der Waals surface area contributed by atoms with Crippen molar-refractivity contribution >= 4 is 6.08 Å². The maximum atomic E-state index is 10.3. The van der Waals surface area contributed by atoms with Crippen molar-refractivity contribution in [2.24, 2.45) is 0 Å². The van der Waals surface area contributed by atoms with Gasteiger partial charge in [0.05, 0.1) is 4.92 Å². The molecule has 0 saturated carbocycles. The number of rotatable bonds is 2. The van der Waals surface area contributed by atoms with E-state index in [-0.39, 0.29) is 10.6 Å². The molecule has 1 aromatic carbocycles. The highest BCUT2D eigenvalue weighted by Gasteiger charge is 2.01. The fraction of sp³-hybridized carbons (Fsp3) is 0.200. The molecule has 0 amide bonds. The Labute approximate surface area is 76.9 Å². The summed E-state index contributed by atoms with van der Waals surface area (Å²) >= 11 is 0. The molecule has 1 rings (SSSR count). The minimum absolute atomic E-state index is 0.158. The summed E-state index contributed by atoms with van der Waals surface area (Å²) in [5, 5.41) is 10.3. The number of nitrogens with zero attached hydrogens (tertiary/aromatic N) is 1. The lowest BCUT2D eigenvalue weighted by Gasteiger charge is -1.95.